The molecule has 0 aromatic rings. The summed E-state index contributed by atoms with van der Waals surface area (Å²) in [6.45, 7) is 0. The average molecular weight is 158 g/mol. The van der Waals surface area contributed by atoms with E-state index in [1.807, 2.05) is 0 Å². The summed E-state index contributed by atoms with van der Waals surface area (Å²) in [5.74, 6) is 0. The first-order chi connectivity index (χ1) is 2.00. The van der Waals surface area contributed by atoms with Crippen LogP contribution < -0.4 is 51.4 Å². The minimum atomic E-state index is -4.67. The predicted molar refractivity (Wildman–Crippen MR) is 17.8 cm³/mol. The third kappa shape index (κ3) is 107. The molecule has 4 nitrogen and oxygen atoms in total. The molecule has 0 bridgehead atoms. The fraction of sp³-hybridized carbons (Fsp3) is 0. The van der Waals surface area contributed by atoms with Gasteiger partial charge >= 0.3 is 61.8 Å². The number of rotatable bonds is 0. The van der Waals surface area contributed by atoms with Crippen molar-refractivity contribution >= 4 is 10.4 Å². The minimum absolute atomic E-state index is 0. The second kappa shape index (κ2) is 5.57. The topological polar surface area (TPSA) is 74.6 Å². The molecule has 0 amide bonds. The molecule has 0 aliphatic carbocycles. The van der Waals surface area contributed by atoms with Crippen LogP contribution in [0.25, 0.3) is 0 Å². The third-order valence-electron chi connectivity index (χ3n) is 0. The van der Waals surface area contributed by atoms with Crippen LogP contribution in [-0.2, 0) is 10.4 Å². The second-order valence-corrected chi connectivity index (χ2v) is 1.34. The Balaban J connectivity index is -0.0000000267. The molecule has 0 radical (unpaired) electrons. The van der Waals surface area contributed by atoms with Crippen LogP contribution in [0, 0.1) is 0 Å². The number of hydrogen-bond donors (Lipinski definition) is 2. The molecule has 2 N–H and O–H groups in total. The van der Waals surface area contributed by atoms with Crippen molar-refractivity contribution in [2.45, 2.75) is 0 Å². The standard InChI is InChI=1S/FH.K.H2O4S.H/c;;1-5(2,3)4;/h1H;;(H2,1,2,3,4);/q;+1;;-1. The van der Waals surface area contributed by atoms with Gasteiger partial charge in [0.15, 0.2) is 0 Å². The van der Waals surface area contributed by atoms with Crippen LogP contribution in [0.2, 0.25) is 0 Å². The van der Waals surface area contributed by atoms with Crippen molar-refractivity contribution in [3.05, 3.63) is 0 Å². The first-order valence-electron chi connectivity index (χ1n) is 0.698. The Morgan fingerprint density at radius 2 is 1.29 bits per heavy atom. The van der Waals surface area contributed by atoms with Gasteiger partial charge in [0.05, 0.1) is 0 Å². The Labute approximate surface area is 84.1 Å². The smallest absolute Gasteiger partial charge is 1.00 e. The SMILES string of the molecule is F.O=S(=O)(O)O.[H-].[K+]. The van der Waals surface area contributed by atoms with E-state index in [9.17, 15) is 0 Å². The summed E-state index contributed by atoms with van der Waals surface area (Å²) in [4.78, 5) is 0. The van der Waals surface area contributed by atoms with Gasteiger partial charge in [-0.25, -0.2) is 0 Å². The van der Waals surface area contributed by atoms with E-state index in [0.29, 0.717) is 0 Å². The van der Waals surface area contributed by atoms with Crippen LogP contribution in [0.4, 0.5) is 4.70 Å². The molecular weight excluding hydrogens is 154 g/mol. The van der Waals surface area contributed by atoms with Crippen LogP contribution in [0.15, 0.2) is 0 Å². The van der Waals surface area contributed by atoms with Gasteiger partial charge < -0.3 is 1.43 Å². The van der Waals surface area contributed by atoms with Crippen molar-refractivity contribution in [3.63, 3.8) is 0 Å². The van der Waals surface area contributed by atoms with Gasteiger partial charge in [-0.1, -0.05) is 0 Å². The Kier molecular flexibility index (Phi) is 12.6. The van der Waals surface area contributed by atoms with Gasteiger partial charge in [-0.05, 0) is 0 Å². The average Bonchev–Trinajstić information content (AvgIpc) is 0.722. The molecule has 0 saturated heterocycles. The molecule has 0 saturated carbocycles. The summed E-state index contributed by atoms with van der Waals surface area (Å²) >= 11 is 0. The third-order valence-corrected chi connectivity index (χ3v) is 0. The molecule has 0 spiro atoms. The maximum absolute atomic E-state index is 8.74. The van der Waals surface area contributed by atoms with Crippen LogP contribution in [-0.4, -0.2) is 17.5 Å². The molecule has 0 rings (SSSR count). The Morgan fingerprint density at radius 3 is 1.29 bits per heavy atom. The second-order valence-electron chi connectivity index (χ2n) is 0.448. The molecule has 0 atom stereocenters. The van der Waals surface area contributed by atoms with Crippen molar-refractivity contribution < 1.29 is 75.0 Å². The predicted octanol–water partition coefficient (Wildman–Crippen LogP) is -3.38. The van der Waals surface area contributed by atoms with Crippen LogP contribution in [0.1, 0.15) is 1.43 Å². The maximum Gasteiger partial charge on any atom is 1.00 e. The quantitative estimate of drug-likeness (QED) is 0.285. The van der Waals surface area contributed by atoms with Gasteiger partial charge in [0.2, 0.25) is 0 Å². The summed E-state index contributed by atoms with van der Waals surface area (Å²) in [5.41, 5.74) is 0. The Morgan fingerprint density at radius 1 is 1.29 bits per heavy atom. The number of hydrogen-bond acceptors (Lipinski definition) is 2. The summed E-state index contributed by atoms with van der Waals surface area (Å²) in [6, 6.07) is 0. The normalized spacial score (nSPS) is 8.29. The largest absolute Gasteiger partial charge is 1.00 e. The van der Waals surface area contributed by atoms with E-state index < -0.39 is 10.4 Å². The van der Waals surface area contributed by atoms with Gasteiger partial charge in [-0.3, -0.25) is 13.8 Å². The van der Waals surface area contributed by atoms with Gasteiger partial charge in [-0.2, -0.15) is 8.42 Å². The van der Waals surface area contributed by atoms with E-state index in [0.717, 1.165) is 0 Å². The van der Waals surface area contributed by atoms with Crippen molar-refractivity contribution in [1.29, 1.82) is 0 Å². The minimum Gasteiger partial charge on any atom is -1.00 e. The molecule has 7 heteroatoms. The van der Waals surface area contributed by atoms with Crippen molar-refractivity contribution in [1.82, 2.24) is 0 Å². The summed E-state index contributed by atoms with van der Waals surface area (Å²) in [5, 5.41) is 0. The van der Waals surface area contributed by atoms with E-state index in [1.54, 1.807) is 0 Å². The maximum atomic E-state index is 8.74. The fourth-order valence-corrected chi connectivity index (χ4v) is 0. The molecule has 0 aromatic heterocycles. The molecule has 0 aromatic carbocycles. The summed E-state index contributed by atoms with van der Waals surface area (Å²) in [7, 11) is -4.67. The molecule has 0 aliphatic heterocycles. The number of halogens is 1. The van der Waals surface area contributed by atoms with E-state index in [1.165, 1.54) is 0 Å². The molecule has 0 heterocycles. The fourth-order valence-electron chi connectivity index (χ4n) is 0. The zero-order chi connectivity index (χ0) is 4.50. The molecule has 7 heavy (non-hydrogen) atoms. The van der Waals surface area contributed by atoms with E-state index in [-0.39, 0.29) is 57.5 Å². The summed E-state index contributed by atoms with van der Waals surface area (Å²) in [6.07, 6.45) is 0. The van der Waals surface area contributed by atoms with Gasteiger partial charge in [0.25, 0.3) is 0 Å². The first kappa shape index (κ1) is 15.8. The van der Waals surface area contributed by atoms with Crippen molar-refractivity contribution in [2.75, 3.05) is 0 Å². The molecule has 0 aliphatic rings. The van der Waals surface area contributed by atoms with E-state index in [4.69, 9.17) is 17.5 Å². The van der Waals surface area contributed by atoms with Gasteiger partial charge in [0.1, 0.15) is 0 Å². The van der Waals surface area contributed by atoms with Crippen LogP contribution in [0.3, 0.4) is 0 Å². The molecule has 0 unspecified atom stereocenters. The van der Waals surface area contributed by atoms with E-state index >= 15 is 0 Å². The van der Waals surface area contributed by atoms with Crippen molar-refractivity contribution in [3.8, 4) is 0 Å². The Hall–Kier alpha value is 1.44. The monoisotopic (exact) mass is 158 g/mol. The van der Waals surface area contributed by atoms with Gasteiger partial charge in [-0.15, -0.1) is 0 Å². The zero-order valence-electron chi connectivity index (χ0n) is 4.53. The molecular formula is H4FKO4S. The van der Waals surface area contributed by atoms with Crippen molar-refractivity contribution in [2.24, 2.45) is 0 Å². The zero-order valence-corrected chi connectivity index (χ0v) is 7.47. The van der Waals surface area contributed by atoms with Crippen LogP contribution in [0.5, 0.6) is 0 Å². The molecule has 0 fully saturated rings. The van der Waals surface area contributed by atoms with E-state index in [2.05, 4.69) is 0 Å². The first-order valence-corrected chi connectivity index (χ1v) is 2.10. The Bertz CT molecular complexity index is 99.2. The summed E-state index contributed by atoms with van der Waals surface area (Å²) < 4.78 is 31.6. The van der Waals surface area contributed by atoms with Crippen LogP contribution >= 0.6 is 0 Å². The van der Waals surface area contributed by atoms with Gasteiger partial charge in [0, 0.05) is 0 Å². The molecule has 42 valence electrons.